The average Bonchev–Trinajstić information content (AvgIpc) is 2.64. The van der Waals surface area contributed by atoms with Crippen LogP contribution in [0.15, 0.2) is 22.0 Å². The van der Waals surface area contributed by atoms with Crippen LogP contribution in [0.4, 0.5) is 5.69 Å². The maximum Gasteiger partial charge on any atom is 0.350 e. The van der Waals surface area contributed by atoms with Crippen molar-refractivity contribution >= 4 is 17.3 Å². The third-order valence-corrected chi connectivity index (χ3v) is 2.88. The van der Waals surface area contributed by atoms with Gasteiger partial charge in [0.2, 0.25) is 0 Å². The summed E-state index contributed by atoms with van der Waals surface area (Å²) in [6.45, 7) is -0.0420. The van der Waals surface area contributed by atoms with E-state index in [1.807, 2.05) is 4.98 Å². The number of aromatic nitrogens is 4. The van der Waals surface area contributed by atoms with E-state index in [0.717, 1.165) is 10.8 Å². The molecule has 0 aliphatic rings. The number of imidazole rings is 1. The zero-order chi connectivity index (χ0) is 14.2. The van der Waals surface area contributed by atoms with E-state index in [0.29, 0.717) is 11.0 Å². The number of halogens is 1. The van der Waals surface area contributed by atoms with Crippen LogP contribution in [0.2, 0.25) is 5.15 Å². The van der Waals surface area contributed by atoms with E-state index in [4.69, 9.17) is 11.6 Å². The minimum Gasteiger partial charge on any atom is -0.321 e. The van der Waals surface area contributed by atoms with Gasteiger partial charge in [-0.1, -0.05) is 11.6 Å². The summed E-state index contributed by atoms with van der Waals surface area (Å²) in [5.74, 6) is 0.424. The lowest BCUT2D eigenvalue weighted by Crippen LogP contribution is -2.31. The molecule has 0 aromatic carbocycles. The molecule has 2 heterocycles. The third-order valence-electron chi connectivity index (χ3n) is 2.53. The van der Waals surface area contributed by atoms with E-state index >= 15 is 0 Å². The highest BCUT2D eigenvalue weighted by atomic mass is 35.5. The number of rotatable bonds is 3. The minimum atomic E-state index is -1.04. The second-order valence-corrected chi connectivity index (χ2v) is 4.10. The lowest BCUT2D eigenvalue weighted by Gasteiger charge is -2.05. The van der Waals surface area contributed by atoms with E-state index in [1.165, 1.54) is 10.8 Å². The molecule has 1 N–H and O–H groups in total. The quantitative estimate of drug-likeness (QED) is 0.623. The first kappa shape index (κ1) is 13.0. The van der Waals surface area contributed by atoms with Crippen LogP contribution in [0.1, 0.15) is 5.82 Å². The molecule has 19 heavy (non-hydrogen) atoms. The number of H-pyrrole nitrogens is 1. The summed E-state index contributed by atoms with van der Waals surface area (Å²) in [5.41, 5.74) is -2.50. The van der Waals surface area contributed by atoms with Crippen molar-refractivity contribution in [1.82, 2.24) is 19.1 Å². The Hall–Kier alpha value is -2.42. The van der Waals surface area contributed by atoms with E-state index in [2.05, 4.69) is 4.98 Å². The predicted molar refractivity (Wildman–Crippen MR) is 65.3 cm³/mol. The largest absolute Gasteiger partial charge is 0.350 e. The van der Waals surface area contributed by atoms with Gasteiger partial charge in [0.25, 0.3) is 0 Å². The van der Waals surface area contributed by atoms with Crippen LogP contribution in [0.5, 0.6) is 0 Å². The van der Waals surface area contributed by atoms with Gasteiger partial charge >= 0.3 is 16.9 Å². The lowest BCUT2D eigenvalue weighted by molar-refractivity contribution is -0.386. The Labute approximate surface area is 110 Å². The number of aromatic amines is 1. The van der Waals surface area contributed by atoms with Gasteiger partial charge in [0.05, 0.1) is 23.9 Å². The molecule has 0 unspecified atom stereocenters. The fourth-order valence-electron chi connectivity index (χ4n) is 1.47. The van der Waals surface area contributed by atoms with Crippen molar-refractivity contribution in [3.8, 4) is 0 Å². The van der Waals surface area contributed by atoms with Crippen LogP contribution in [0, 0.1) is 10.1 Å². The summed E-state index contributed by atoms with van der Waals surface area (Å²) in [7, 11) is 1.63. The van der Waals surface area contributed by atoms with Crippen LogP contribution in [0.3, 0.4) is 0 Å². The second-order valence-electron chi connectivity index (χ2n) is 3.71. The van der Waals surface area contributed by atoms with Crippen molar-refractivity contribution in [2.45, 2.75) is 6.54 Å². The lowest BCUT2D eigenvalue weighted by atomic mass is 10.5. The molecule has 0 saturated heterocycles. The van der Waals surface area contributed by atoms with Gasteiger partial charge in [0.1, 0.15) is 11.0 Å². The van der Waals surface area contributed by atoms with E-state index in [-0.39, 0.29) is 6.54 Å². The van der Waals surface area contributed by atoms with Crippen LogP contribution >= 0.6 is 11.6 Å². The molecule has 10 heteroatoms. The van der Waals surface area contributed by atoms with Crippen molar-refractivity contribution in [3.63, 3.8) is 0 Å². The molecule has 2 aromatic heterocycles. The molecule has 0 aliphatic carbocycles. The molecule has 0 spiro atoms. The monoisotopic (exact) mass is 285 g/mol. The third kappa shape index (κ3) is 2.40. The summed E-state index contributed by atoms with van der Waals surface area (Å²) in [4.78, 5) is 38.4. The molecule has 0 saturated carbocycles. The van der Waals surface area contributed by atoms with Gasteiger partial charge in [-0.15, -0.1) is 0 Å². The van der Waals surface area contributed by atoms with E-state index < -0.39 is 21.9 Å². The molecule has 0 fully saturated rings. The maximum absolute atomic E-state index is 11.6. The fraction of sp³-hybridized carbons (Fsp3) is 0.222. The van der Waals surface area contributed by atoms with Gasteiger partial charge in [-0.05, 0) is 0 Å². The first-order valence-electron chi connectivity index (χ1n) is 5.04. The Bertz CT molecular complexity index is 759. The normalized spacial score (nSPS) is 10.6. The van der Waals surface area contributed by atoms with Gasteiger partial charge in [-0.2, -0.15) is 0 Å². The highest BCUT2D eigenvalue weighted by Gasteiger charge is 2.16. The zero-order valence-corrected chi connectivity index (χ0v) is 10.4. The molecular weight excluding hydrogens is 278 g/mol. The van der Waals surface area contributed by atoms with Gasteiger partial charge < -0.3 is 4.57 Å². The van der Waals surface area contributed by atoms with Crippen molar-refractivity contribution in [2.24, 2.45) is 7.05 Å². The average molecular weight is 286 g/mol. The summed E-state index contributed by atoms with van der Waals surface area (Å²) in [6, 6.07) is 0. The van der Waals surface area contributed by atoms with Gasteiger partial charge in [0.15, 0.2) is 0 Å². The molecule has 100 valence electrons. The molecule has 2 rings (SSSR count). The summed E-state index contributed by atoms with van der Waals surface area (Å²) < 4.78 is 2.50. The predicted octanol–water partition coefficient (Wildman–Crippen LogP) is -0.120. The first-order chi connectivity index (χ1) is 8.90. The van der Waals surface area contributed by atoms with Gasteiger partial charge in [-0.3, -0.25) is 24.5 Å². The number of hydrogen-bond acceptors (Lipinski definition) is 5. The Balaban J connectivity index is 2.49. The highest BCUT2D eigenvalue weighted by Crippen LogP contribution is 2.10. The standard InChI is InChI=1S/C9H8ClN5O4/c1-13-6(10)2-11-7(13)4-14-3-5(15(18)19)8(16)12-9(14)17/h2-3H,4H2,1H3,(H,12,16,17). The Morgan fingerprint density at radius 3 is 2.74 bits per heavy atom. The summed E-state index contributed by atoms with van der Waals surface area (Å²) >= 11 is 5.79. The number of nitro groups is 1. The topological polar surface area (TPSA) is 116 Å². The summed E-state index contributed by atoms with van der Waals surface area (Å²) in [5, 5.41) is 11.0. The van der Waals surface area contributed by atoms with Crippen LogP contribution in [-0.2, 0) is 13.6 Å². The number of nitrogens with zero attached hydrogens (tertiary/aromatic N) is 4. The summed E-state index contributed by atoms with van der Waals surface area (Å²) in [6.07, 6.45) is 2.27. The smallest absolute Gasteiger partial charge is 0.321 e. The van der Waals surface area contributed by atoms with Gasteiger partial charge in [-0.25, -0.2) is 9.78 Å². The van der Waals surface area contributed by atoms with Crippen molar-refractivity contribution in [3.05, 3.63) is 54.3 Å². The molecule has 0 aliphatic heterocycles. The van der Waals surface area contributed by atoms with Crippen LogP contribution in [0.25, 0.3) is 0 Å². The molecule has 9 nitrogen and oxygen atoms in total. The van der Waals surface area contributed by atoms with Crippen LogP contribution < -0.4 is 11.2 Å². The molecule has 0 bridgehead atoms. The number of nitrogens with one attached hydrogen (secondary N) is 1. The Morgan fingerprint density at radius 1 is 1.53 bits per heavy atom. The first-order valence-corrected chi connectivity index (χ1v) is 5.42. The van der Waals surface area contributed by atoms with E-state index in [1.54, 1.807) is 7.05 Å². The Morgan fingerprint density at radius 2 is 2.21 bits per heavy atom. The SMILES string of the molecule is Cn1c(Cl)cnc1Cn1cc([N+](=O)[O-])c(=O)[nH]c1=O. The van der Waals surface area contributed by atoms with E-state index in [9.17, 15) is 19.7 Å². The molecule has 0 radical (unpaired) electrons. The van der Waals surface area contributed by atoms with Crippen molar-refractivity contribution in [2.75, 3.05) is 0 Å². The molecular formula is C9H8ClN5O4. The minimum absolute atomic E-state index is 0.0420. The zero-order valence-electron chi connectivity index (χ0n) is 9.66. The molecule has 0 atom stereocenters. The fourth-order valence-corrected chi connectivity index (χ4v) is 1.62. The second kappa shape index (κ2) is 4.69. The van der Waals surface area contributed by atoms with Crippen LogP contribution in [-0.4, -0.2) is 24.0 Å². The maximum atomic E-state index is 11.6. The highest BCUT2D eigenvalue weighted by molar-refractivity contribution is 6.29. The number of hydrogen-bond donors (Lipinski definition) is 1. The van der Waals surface area contributed by atoms with Crippen molar-refractivity contribution in [1.29, 1.82) is 0 Å². The van der Waals surface area contributed by atoms with Crippen molar-refractivity contribution < 1.29 is 4.92 Å². The molecule has 0 amide bonds. The Kier molecular flexibility index (Phi) is 3.21. The van der Waals surface area contributed by atoms with Gasteiger partial charge in [0, 0.05) is 7.05 Å². The molecule has 2 aromatic rings.